The summed E-state index contributed by atoms with van der Waals surface area (Å²) in [5, 5.41) is 5.47. The fourth-order valence-electron chi connectivity index (χ4n) is 4.55. The van der Waals surface area contributed by atoms with Crippen molar-refractivity contribution in [3.63, 3.8) is 0 Å². The van der Waals surface area contributed by atoms with Gasteiger partial charge in [-0.3, -0.25) is 9.79 Å². The van der Waals surface area contributed by atoms with Crippen molar-refractivity contribution in [1.29, 1.82) is 0 Å². The standard InChI is InChI=1S/C23H24ClFN4O6S2/c1-34-22(30)15-11-29(37(3,32)33)8-6-13(15)18-17(23(31)35-2)19(14-5-4-12(25)10-16(14)24)28-20(27-18)21-26-7-9-36-21/h4-5,7,9-10,13,15,19H,6,8,11H2,1-3H3,(H,27,28)/t13-,15+,19?/m0/s1. The molecule has 37 heavy (non-hydrogen) atoms. The maximum atomic E-state index is 13.9. The zero-order chi connectivity index (χ0) is 26.9. The minimum absolute atomic E-state index is 0.0475. The molecule has 0 aliphatic carbocycles. The lowest BCUT2D eigenvalue weighted by atomic mass is 9.79. The molecule has 10 nitrogen and oxygen atoms in total. The van der Waals surface area contributed by atoms with Crippen LogP contribution in [0.1, 0.15) is 23.0 Å². The molecule has 1 aromatic carbocycles. The third kappa shape index (κ3) is 5.54. The highest BCUT2D eigenvalue weighted by molar-refractivity contribution is 7.88. The van der Waals surface area contributed by atoms with E-state index in [0.717, 1.165) is 12.3 Å². The summed E-state index contributed by atoms with van der Waals surface area (Å²) in [6.45, 7) is -0.0240. The van der Waals surface area contributed by atoms with Crippen LogP contribution in [0.4, 0.5) is 4.39 Å². The van der Waals surface area contributed by atoms with Crippen molar-refractivity contribution in [2.45, 2.75) is 12.5 Å². The van der Waals surface area contributed by atoms with Gasteiger partial charge >= 0.3 is 11.9 Å². The molecule has 1 N–H and O–H groups in total. The van der Waals surface area contributed by atoms with E-state index in [9.17, 15) is 22.4 Å². The van der Waals surface area contributed by atoms with Crippen molar-refractivity contribution >= 4 is 50.7 Å². The van der Waals surface area contributed by atoms with Crippen molar-refractivity contribution in [3.05, 3.63) is 62.5 Å². The lowest BCUT2D eigenvalue weighted by molar-refractivity contribution is -0.148. The number of carbonyl (C=O) groups excluding carboxylic acids is 2. The summed E-state index contributed by atoms with van der Waals surface area (Å²) in [6, 6.07) is 2.75. The van der Waals surface area contributed by atoms with Crippen LogP contribution < -0.4 is 5.32 Å². The van der Waals surface area contributed by atoms with Gasteiger partial charge in [-0.15, -0.1) is 11.3 Å². The Morgan fingerprint density at radius 2 is 2.03 bits per heavy atom. The maximum Gasteiger partial charge on any atom is 0.338 e. The van der Waals surface area contributed by atoms with Gasteiger partial charge in [0, 0.05) is 46.9 Å². The molecule has 0 saturated carbocycles. The summed E-state index contributed by atoms with van der Waals surface area (Å²) in [5.74, 6) is -3.20. The van der Waals surface area contributed by atoms with E-state index in [1.165, 1.54) is 42.0 Å². The zero-order valence-electron chi connectivity index (χ0n) is 20.1. The predicted molar refractivity (Wildman–Crippen MR) is 135 cm³/mol. The third-order valence-electron chi connectivity index (χ3n) is 6.29. The molecule has 1 unspecified atom stereocenters. The molecule has 2 aliphatic heterocycles. The number of hydrogen-bond acceptors (Lipinski definition) is 10. The minimum atomic E-state index is -3.59. The number of esters is 2. The summed E-state index contributed by atoms with van der Waals surface area (Å²) in [7, 11) is -1.16. The molecule has 0 bridgehead atoms. The molecule has 1 saturated heterocycles. The fourth-order valence-corrected chi connectivity index (χ4v) is 6.28. The van der Waals surface area contributed by atoms with Gasteiger partial charge in [0.25, 0.3) is 0 Å². The van der Waals surface area contributed by atoms with E-state index in [0.29, 0.717) is 22.1 Å². The van der Waals surface area contributed by atoms with Crippen molar-refractivity contribution < 1.29 is 31.9 Å². The number of methoxy groups -OCH3 is 2. The molecule has 198 valence electrons. The van der Waals surface area contributed by atoms with Gasteiger partial charge < -0.3 is 14.8 Å². The number of allylic oxidation sites excluding steroid dienone is 1. The Morgan fingerprint density at radius 1 is 1.27 bits per heavy atom. The molecule has 4 rings (SSSR count). The Hall–Kier alpha value is -2.87. The summed E-state index contributed by atoms with van der Waals surface area (Å²) < 4.78 is 49.7. The third-order valence-corrected chi connectivity index (χ3v) is 8.67. The first-order chi connectivity index (χ1) is 17.5. The molecule has 1 fully saturated rings. The highest BCUT2D eigenvalue weighted by Gasteiger charge is 2.44. The van der Waals surface area contributed by atoms with Gasteiger partial charge in [-0.2, -0.15) is 0 Å². The number of halogens is 2. The first kappa shape index (κ1) is 27.2. The number of aromatic nitrogens is 1. The second-order valence-corrected chi connectivity index (χ2v) is 11.8. The lowest BCUT2D eigenvalue weighted by Crippen LogP contribution is -2.50. The van der Waals surface area contributed by atoms with E-state index in [1.54, 1.807) is 11.6 Å². The molecular weight excluding hydrogens is 547 g/mol. The Kier molecular flexibility index (Phi) is 7.97. The molecule has 0 spiro atoms. The Morgan fingerprint density at radius 3 is 2.62 bits per heavy atom. The number of hydrogen-bond donors (Lipinski definition) is 1. The Bertz CT molecular complexity index is 1380. The highest BCUT2D eigenvalue weighted by Crippen LogP contribution is 2.41. The number of thiazole rings is 1. The monoisotopic (exact) mass is 570 g/mol. The number of benzene rings is 1. The number of rotatable bonds is 6. The molecule has 0 radical (unpaired) electrons. The van der Waals surface area contributed by atoms with Gasteiger partial charge in [0.05, 0.1) is 32.0 Å². The maximum absolute atomic E-state index is 13.9. The summed E-state index contributed by atoms with van der Waals surface area (Å²) in [4.78, 5) is 35.1. The molecule has 0 amide bonds. The fraction of sp³-hybridized carbons (Fsp3) is 0.391. The smallest absolute Gasteiger partial charge is 0.338 e. The Balaban J connectivity index is 1.91. The predicted octanol–water partition coefficient (Wildman–Crippen LogP) is 2.52. The Labute approximate surface area is 222 Å². The van der Waals surface area contributed by atoms with Crippen molar-refractivity contribution in [2.24, 2.45) is 16.8 Å². The van der Waals surface area contributed by atoms with Crippen LogP contribution in [0.25, 0.3) is 0 Å². The van der Waals surface area contributed by atoms with Gasteiger partial charge in [0.2, 0.25) is 10.0 Å². The second kappa shape index (κ2) is 10.9. The van der Waals surface area contributed by atoms with Gasteiger partial charge in [0.1, 0.15) is 11.9 Å². The van der Waals surface area contributed by atoms with E-state index in [4.69, 9.17) is 26.1 Å². The molecule has 3 atom stereocenters. The normalized spacial score (nSPS) is 22.7. The first-order valence-corrected chi connectivity index (χ1v) is 14.2. The number of sulfonamides is 1. The molecule has 3 heterocycles. The number of nitrogens with zero attached hydrogens (tertiary/aromatic N) is 3. The van der Waals surface area contributed by atoms with E-state index in [-0.39, 0.29) is 30.1 Å². The van der Waals surface area contributed by atoms with Gasteiger partial charge in [0.15, 0.2) is 10.8 Å². The van der Waals surface area contributed by atoms with E-state index < -0.39 is 45.7 Å². The van der Waals surface area contributed by atoms with Crippen LogP contribution in [0, 0.1) is 17.7 Å². The van der Waals surface area contributed by atoms with Crippen LogP contribution in [-0.2, 0) is 29.1 Å². The van der Waals surface area contributed by atoms with E-state index in [1.807, 2.05) is 0 Å². The SMILES string of the molecule is COC(=O)C1=C([C@H]2CCN(S(C)(=O)=O)C[C@H]2C(=O)OC)NC(c2nccs2)=NC1c1ccc(F)cc1Cl. The average Bonchev–Trinajstić information content (AvgIpc) is 3.41. The van der Waals surface area contributed by atoms with Crippen molar-refractivity contribution in [1.82, 2.24) is 14.6 Å². The van der Waals surface area contributed by atoms with E-state index >= 15 is 0 Å². The number of ether oxygens (including phenoxy) is 2. The molecule has 1 aromatic heterocycles. The molecule has 14 heteroatoms. The topological polar surface area (TPSA) is 127 Å². The highest BCUT2D eigenvalue weighted by atomic mass is 35.5. The van der Waals surface area contributed by atoms with Gasteiger partial charge in [-0.1, -0.05) is 17.7 Å². The average molecular weight is 571 g/mol. The van der Waals surface area contributed by atoms with Crippen molar-refractivity contribution in [3.8, 4) is 0 Å². The number of aliphatic imine (C=N–C) groups is 1. The lowest BCUT2D eigenvalue weighted by Gasteiger charge is -2.39. The van der Waals surface area contributed by atoms with Crippen LogP contribution in [0.3, 0.4) is 0 Å². The summed E-state index contributed by atoms with van der Waals surface area (Å²) in [6.07, 6.45) is 2.86. The molecular formula is C23H24ClFN4O6S2. The molecule has 2 aromatic rings. The van der Waals surface area contributed by atoms with Crippen LogP contribution in [0.5, 0.6) is 0 Å². The first-order valence-electron chi connectivity index (χ1n) is 11.1. The van der Waals surface area contributed by atoms with Gasteiger partial charge in [-0.05, 0) is 18.6 Å². The quantitative estimate of drug-likeness (QED) is 0.525. The van der Waals surface area contributed by atoms with Crippen LogP contribution in [-0.4, -0.2) is 69.0 Å². The largest absolute Gasteiger partial charge is 0.469 e. The minimum Gasteiger partial charge on any atom is -0.469 e. The summed E-state index contributed by atoms with van der Waals surface area (Å²) in [5.41, 5.74) is 0.740. The van der Waals surface area contributed by atoms with Crippen LogP contribution in [0.2, 0.25) is 5.02 Å². The zero-order valence-corrected chi connectivity index (χ0v) is 22.5. The second-order valence-electron chi connectivity index (χ2n) is 8.47. The van der Waals surface area contributed by atoms with Crippen LogP contribution >= 0.6 is 22.9 Å². The molecule has 2 aliphatic rings. The van der Waals surface area contributed by atoms with Crippen LogP contribution in [0.15, 0.2) is 46.0 Å². The summed E-state index contributed by atoms with van der Waals surface area (Å²) >= 11 is 7.69. The number of amidine groups is 1. The number of piperidine rings is 1. The number of nitrogens with one attached hydrogen (secondary N) is 1. The van der Waals surface area contributed by atoms with Crippen molar-refractivity contribution in [2.75, 3.05) is 33.6 Å². The van der Waals surface area contributed by atoms with E-state index in [2.05, 4.69) is 10.3 Å². The van der Waals surface area contributed by atoms with Gasteiger partial charge in [-0.25, -0.2) is 26.9 Å². The number of carbonyl (C=O) groups is 2.